The van der Waals surface area contributed by atoms with E-state index >= 15 is 0 Å². The van der Waals surface area contributed by atoms with E-state index in [0.717, 1.165) is 24.3 Å². The smallest absolute Gasteiger partial charge is 0.393 e. The third kappa shape index (κ3) is 6.17. The van der Waals surface area contributed by atoms with Crippen molar-refractivity contribution in [1.82, 2.24) is 5.32 Å². The minimum atomic E-state index is -6.17. The second-order valence-corrected chi connectivity index (χ2v) is 12.1. The second-order valence-electron chi connectivity index (χ2n) is 9.24. The number of aliphatic hydroxyl groups is 3. The zero-order valence-electron chi connectivity index (χ0n) is 20.4. The number of halogens is 7. The van der Waals surface area contributed by atoms with E-state index in [9.17, 15) is 54.2 Å². The number of rotatable bonds is 8. The van der Waals surface area contributed by atoms with Crippen molar-refractivity contribution in [3.05, 3.63) is 53.8 Å². The number of aliphatic hydroxyl groups excluding tert-OH is 1. The summed E-state index contributed by atoms with van der Waals surface area (Å²) in [7, 11) is -4.66. The molecule has 0 aromatic heterocycles. The van der Waals surface area contributed by atoms with Crippen molar-refractivity contribution in [3.63, 3.8) is 0 Å². The van der Waals surface area contributed by atoms with Gasteiger partial charge in [0.2, 0.25) is 5.91 Å². The van der Waals surface area contributed by atoms with Crippen molar-refractivity contribution in [3.8, 4) is 0 Å². The number of fused-ring (bicyclic) bond motifs is 1. The summed E-state index contributed by atoms with van der Waals surface area (Å²) in [6, 6.07) is 3.51. The number of hydrogen-bond donors (Lipinski definition) is 4. The van der Waals surface area contributed by atoms with Crippen LogP contribution in [-0.2, 0) is 20.4 Å². The zero-order valence-corrected chi connectivity index (χ0v) is 22.1. The Kier molecular flexibility index (Phi) is 8.78. The highest BCUT2D eigenvalue weighted by Crippen LogP contribution is 2.52. The number of nitrogens with one attached hydrogen (secondary N) is 1. The lowest BCUT2D eigenvalue weighted by Crippen LogP contribution is -2.54. The van der Waals surface area contributed by atoms with Crippen LogP contribution in [0, 0.1) is 5.82 Å². The Morgan fingerprint density at radius 3 is 2.15 bits per heavy atom. The number of amides is 1. The van der Waals surface area contributed by atoms with Gasteiger partial charge in [-0.25, -0.2) is 12.8 Å². The van der Waals surface area contributed by atoms with E-state index in [-0.39, 0.29) is 22.4 Å². The third-order valence-electron chi connectivity index (χ3n) is 6.00. The van der Waals surface area contributed by atoms with Gasteiger partial charge in [0.25, 0.3) is 15.6 Å². The molecule has 8 nitrogen and oxygen atoms in total. The molecular weight excluding hydrogens is 597 g/mol. The van der Waals surface area contributed by atoms with E-state index in [0.29, 0.717) is 28.2 Å². The topological polar surface area (TPSA) is 127 Å². The van der Waals surface area contributed by atoms with Crippen molar-refractivity contribution < 1.29 is 59.3 Å². The maximum Gasteiger partial charge on any atom is 0.430 e. The Hall–Kier alpha value is -2.60. The number of sulfonamides is 1. The predicted molar refractivity (Wildman–Crippen MR) is 128 cm³/mol. The minimum absolute atomic E-state index is 0.286. The van der Waals surface area contributed by atoms with Crippen LogP contribution >= 0.6 is 11.8 Å². The summed E-state index contributed by atoms with van der Waals surface area (Å²) in [6.07, 6.45) is -12.9. The molecule has 3 rings (SSSR count). The Morgan fingerprint density at radius 2 is 1.62 bits per heavy atom. The van der Waals surface area contributed by atoms with Gasteiger partial charge in [-0.3, -0.25) is 9.10 Å². The summed E-state index contributed by atoms with van der Waals surface area (Å²) >= 11 is 0.655. The molecule has 0 radical (unpaired) electrons. The Labute approximate surface area is 227 Å². The SMILES string of the molecule is C[C@](O)(CO)CNC(=O)C[C@@H]1CSc2cc(C(O)(C(F)(F)F)C(F)(F)F)ccc2N1S(=O)(=O)c1ccc(F)cc1. The molecule has 0 saturated carbocycles. The lowest BCUT2D eigenvalue weighted by atomic mass is 9.92. The van der Waals surface area contributed by atoms with Crippen LogP contribution in [0.25, 0.3) is 0 Å². The summed E-state index contributed by atoms with van der Waals surface area (Å²) in [5, 5.41) is 31.1. The molecule has 0 unspecified atom stereocenters. The van der Waals surface area contributed by atoms with Gasteiger partial charge >= 0.3 is 12.4 Å². The maximum absolute atomic E-state index is 13.6. The van der Waals surface area contributed by atoms with E-state index in [2.05, 4.69) is 5.32 Å². The van der Waals surface area contributed by atoms with Crippen LogP contribution in [-0.4, -0.2) is 72.5 Å². The van der Waals surface area contributed by atoms with Crippen molar-refractivity contribution in [1.29, 1.82) is 0 Å². The van der Waals surface area contributed by atoms with Gasteiger partial charge in [0, 0.05) is 29.2 Å². The molecule has 2 aromatic carbocycles. The van der Waals surface area contributed by atoms with E-state index in [1.807, 2.05) is 0 Å². The van der Waals surface area contributed by atoms with Crippen LogP contribution in [0.5, 0.6) is 0 Å². The molecule has 0 aliphatic carbocycles. The standard InChI is InChI=1S/C23H23F7N2O6S2/c1-20(35,12-33)11-31-19(34)9-15-10-39-18-8-13(21(36,22(25,26)27)23(28,29)30)2-7-17(18)32(15)40(37,38)16-5-3-14(24)4-6-16/h2-8,15,33,35-36H,9-12H2,1H3,(H,31,34)/t15-,20-/m1/s1. The monoisotopic (exact) mass is 620 g/mol. The lowest BCUT2D eigenvalue weighted by molar-refractivity contribution is -0.376. The largest absolute Gasteiger partial charge is 0.430 e. The van der Waals surface area contributed by atoms with Crippen LogP contribution in [0.2, 0.25) is 0 Å². The van der Waals surface area contributed by atoms with Crippen LogP contribution in [0.15, 0.2) is 52.3 Å². The van der Waals surface area contributed by atoms with Crippen LogP contribution in [0.4, 0.5) is 36.4 Å². The lowest BCUT2D eigenvalue weighted by Gasteiger charge is -2.38. The van der Waals surface area contributed by atoms with E-state index in [1.165, 1.54) is 6.92 Å². The van der Waals surface area contributed by atoms with Gasteiger partial charge in [-0.2, -0.15) is 26.3 Å². The fraction of sp³-hybridized carbons (Fsp3) is 0.435. The van der Waals surface area contributed by atoms with E-state index in [1.54, 1.807) is 0 Å². The van der Waals surface area contributed by atoms with Crippen molar-refractivity contribution >= 4 is 33.4 Å². The first-order chi connectivity index (χ1) is 18.2. The van der Waals surface area contributed by atoms with Gasteiger partial charge in [0.1, 0.15) is 11.4 Å². The van der Waals surface area contributed by atoms with Gasteiger partial charge in [-0.15, -0.1) is 11.8 Å². The number of thioether (sulfide) groups is 1. The average Bonchev–Trinajstić information content (AvgIpc) is 2.85. The molecule has 4 N–H and O–H groups in total. The molecule has 2 aromatic rings. The highest BCUT2D eigenvalue weighted by atomic mass is 32.2. The predicted octanol–water partition coefficient (Wildman–Crippen LogP) is 3.06. The zero-order chi connectivity index (χ0) is 30.3. The van der Waals surface area contributed by atoms with Crippen molar-refractivity contribution in [2.45, 2.75) is 52.7 Å². The fourth-order valence-electron chi connectivity index (χ4n) is 3.79. The Morgan fingerprint density at radius 1 is 1.05 bits per heavy atom. The molecule has 1 heterocycles. The quantitative estimate of drug-likeness (QED) is 0.334. The van der Waals surface area contributed by atoms with Gasteiger partial charge in [0.15, 0.2) is 0 Å². The first-order valence-corrected chi connectivity index (χ1v) is 13.7. The third-order valence-corrected chi connectivity index (χ3v) is 9.07. The van der Waals surface area contributed by atoms with Crippen LogP contribution in [0.3, 0.4) is 0 Å². The van der Waals surface area contributed by atoms with Crippen molar-refractivity contribution in [2.75, 3.05) is 23.2 Å². The van der Waals surface area contributed by atoms with Crippen LogP contribution < -0.4 is 9.62 Å². The fourth-order valence-corrected chi connectivity index (χ4v) is 6.78. The second kappa shape index (κ2) is 11.0. The molecule has 17 heteroatoms. The normalized spacial score (nSPS) is 18.2. The number of nitrogens with zero attached hydrogens (tertiary/aromatic N) is 1. The van der Waals surface area contributed by atoms with E-state index < -0.39 is 81.4 Å². The highest BCUT2D eigenvalue weighted by Gasteiger charge is 2.71. The summed E-state index contributed by atoms with van der Waals surface area (Å²) in [4.78, 5) is 11.7. The molecule has 222 valence electrons. The molecule has 0 spiro atoms. The molecular formula is C23H23F7N2O6S2. The average molecular weight is 621 g/mol. The maximum atomic E-state index is 13.6. The number of alkyl halides is 6. The molecule has 1 aliphatic heterocycles. The molecule has 0 bridgehead atoms. The van der Waals surface area contributed by atoms with Gasteiger partial charge in [0.05, 0.1) is 23.2 Å². The van der Waals surface area contributed by atoms with Crippen LogP contribution in [0.1, 0.15) is 18.9 Å². The number of anilines is 1. The summed E-state index contributed by atoms with van der Waals surface area (Å²) in [6.45, 7) is 0.0851. The molecule has 1 aliphatic rings. The van der Waals surface area contributed by atoms with Gasteiger partial charge in [-0.05, 0) is 43.3 Å². The van der Waals surface area contributed by atoms with E-state index in [4.69, 9.17) is 5.11 Å². The summed E-state index contributed by atoms with van der Waals surface area (Å²) in [5.74, 6) is -1.90. The molecule has 2 atom stereocenters. The first kappa shape index (κ1) is 31.9. The van der Waals surface area contributed by atoms with Gasteiger partial charge < -0.3 is 20.6 Å². The Bertz CT molecular complexity index is 1330. The molecule has 1 amide bonds. The number of benzene rings is 2. The number of hydrogen-bond acceptors (Lipinski definition) is 7. The number of carbonyl (C=O) groups is 1. The van der Waals surface area contributed by atoms with Gasteiger partial charge in [-0.1, -0.05) is 6.07 Å². The minimum Gasteiger partial charge on any atom is -0.393 e. The first-order valence-electron chi connectivity index (χ1n) is 11.3. The van der Waals surface area contributed by atoms with Crippen molar-refractivity contribution in [2.24, 2.45) is 0 Å². The number of carbonyl (C=O) groups excluding carboxylic acids is 1. The molecule has 40 heavy (non-hydrogen) atoms. The highest BCUT2D eigenvalue weighted by molar-refractivity contribution is 8.00. The Balaban J connectivity index is 2.10. The molecule has 0 fully saturated rings. The molecule has 0 saturated heterocycles. The summed E-state index contributed by atoms with van der Waals surface area (Å²) < 4.78 is 122. The summed E-state index contributed by atoms with van der Waals surface area (Å²) in [5.41, 5.74) is -8.93.